The van der Waals surface area contributed by atoms with E-state index in [1.165, 1.54) is 11.1 Å². The van der Waals surface area contributed by atoms with Crippen molar-refractivity contribution in [2.24, 2.45) is 7.05 Å². The second-order valence-corrected chi connectivity index (χ2v) is 4.05. The van der Waals surface area contributed by atoms with Crippen LogP contribution in [0, 0.1) is 0 Å². The van der Waals surface area contributed by atoms with Gasteiger partial charge in [-0.2, -0.15) is 0 Å². The number of rotatable bonds is 4. The highest BCUT2D eigenvalue weighted by molar-refractivity contribution is 5.23. The van der Waals surface area contributed by atoms with Crippen LogP contribution < -0.4 is 0 Å². The Balaban J connectivity index is 1.94. The fourth-order valence-corrected chi connectivity index (χ4v) is 1.72. The van der Waals surface area contributed by atoms with Crippen LogP contribution in [0.3, 0.4) is 0 Å². The zero-order valence-corrected chi connectivity index (χ0v) is 9.85. The summed E-state index contributed by atoms with van der Waals surface area (Å²) in [5, 5.41) is 8.00. The minimum atomic E-state index is 0.958. The van der Waals surface area contributed by atoms with Gasteiger partial charge in [0, 0.05) is 13.2 Å². The van der Waals surface area contributed by atoms with Crippen molar-refractivity contribution < 1.29 is 0 Å². The van der Waals surface area contributed by atoms with Gasteiger partial charge in [-0.1, -0.05) is 36.4 Å². The number of hydrogen-bond acceptors (Lipinski definition) is 2. The minimum absolute atomic E-state index is 0.958. The van der Waals surface area contributed by atoms with Crippen molar-refractivity contribution >= 4 is 0 Å². The number of aromatic nitrogens is 3. The van der Waals surface area contributed by atoms with Crippen molar-refractivity contribution in [2.75, 3.05) is 0 Å². The van der Waals surface area contributed by atoms with Crippen LogP contribution in [0.4, 0.5) is 0 Å². The lowest BCUT2D eigenvalue weighted by Crippen LogP contribution is -1.92. The van der Waals surface area contributed by atoms with Gasteiger partial charge < -0.3 is 0 Å². The van der Waals surface area contributed by atoms with E-state index < -0.39 is 0 Å². The van der Waals surface area contributed by atoms with Crippen LogP contribution in [-0.4, -0.2) is 15.0 Å². The quantitative estimate of drug-likeness (QED) is 0.782. The summed E-state index contributed by atoms with van der Waals surface area (Å²) >= 11 is 0. The smallest absolute Gasteiger partial charge is 0.0830 e. The van der Waals surface area contributed by atoms with Crippen molar-refractivity contribution in [1.82, 2.24) is 15.0 Å². The summed E-state index contributed by atoms with van der Waals surface area (Å²) in [4.78, 5) is 0. The Morgan fingerprint density at radius 1 is 1.06 bits per heavy atom. The van der Waals surface area contributed by atoms with Crippen LogP contribution >= 0.6 is 0 Å². The maximum Gasteiger partial charge on any atom is 0.0830 e. The number of nitrogens with zero attached hydrogens (tertiary/aromatic N) is 3. The average molecular weight is 215 g/mol. The van der Waals surface area contributed by atoms with Gasteiger partial charge in [-0.3, -0.25) is 4.68 Å². The van der Waals surface area contributed by atoms with E-state index in [9.17, 15) is 0 Å². The van der Waals surface area contributed by atoms with Crippen LogP contribution in [0.25, 0.3) is 0 Å². The molecule has 0 bridgehead atoms. The first kappa shape index (κ1) is 10.9. The molecule has 1 aromatic carbocycles. The van der Waals surface area contributed by atoms with Gasteiger partial charge in [0.2, 0.25) is 0 Å². The van der Waals surface area contributed by atoms with E-state index in [0.717, 1.165) is 25.0 Å². The molecule has 0 saturated carbocycles. The molecule has 1 heterocycles. The molecule has 3 nitrogen and oxygen atoms in total. The molecule has 0 amide bonds. The van der Waals surface area contributed by atoms with Gasteiger partial charge in [-0.25, -0.2) is 0 Å². The van der Waals surface area contributed by atoms with Gasteiger partial charge in [0.1, 0.15) is 0 Å². The summed E-state index contributed by atoms with van der Waals surface area (Å²) in [7, 11) is 1.90. The molecule has 0 spiro atoms. The molecule has 0 aliphatic heterocycles. The molecule has 0 N–H and O–H groups in total. The molecule has 0 atom stereocenters. The van der Waals surface area contributed by atoms with Crippen molar-refractivity contribution in [1.29, 1.82) is 0 Å². The number of aryl methyl sites for hydroxylation is 4. The van der Waals surface area contributed by atoms with E-state index in [-0.39, 0.29) is 0 Å². The molecule has 0 aliphatic carbocycles. The Bertz CT molecular complexity index is 442. The number of hydrogen-bond donors (Lipinski definition) is 0. The SMILES string of the molecule is CCc1ccc(CCc2cn(C)nn2)cc1. The Hall–Kier alpha value is -1.64. The minimum Gasteiger partial charge on any atom is -0.255 e. The van der Waals surface area contributed by atoms with E-state index >= 15 is 0 Å². The molecule has 2 rings (SSSR count). The van der Waals surface area contributed by atoms with E-state index in [2.05, 4.69) is 41.5 Å². The summed E-state index contributed by atoms with van der Waals surface area (Å²) in [6.45, 7) is 2.18. The van der Waals surface area contributed by atoms with E-state index in [0.29, 0.717) is 0 Å². The van der Waals surface area contributed by atoms with Crippen LogP contribution in [-0.2, 0) is 26.3 Å². The van der Waals surface area contributed by atoms with Gasteiger partial charge in [0.25, 0.3) is 0 Å². The van der Waals surface area contributed by atoms with Gasteiger partial charge >= 0.3 is 0 Å². The Morgan fingerprint density at radius 2 is 1.75 bits per heavy atom. The zero-order valence-electron chi connectivity index (χ0n) is 9.85. The molecule has 0 unspecified atom stereocenters. The highest BCUT2D eigenvalue weighted by Gasteiger charge is 1.99. The second-order valence-electron chi connectivity index (χ2n) is 4.05. The van der Waals surface area contributed by atoms with Gasteiger partial charge in [-0.15, -0.1) is 5.10 Å². The summed E-state index contributed by atoms with van der Waals surface area (Å²) in [5.74, 6) is 0. The third-order valence-electron chi connectivity index (χ3n) is 2.75. The summed E-state index contributed by atoms with van der Waals surface area (Å²) in [6, 6.07) is 8.81. The molecule has 2 aromatic rings. The van der Waals surface area contributed by atoms with Crippen molar-refractivity contribution in [3.63, 3.8) is 0 Å². The predicted molar refractivity (Wildman–Crippen MR) is 64.2 cm³/mol. The summed E-state index contributed by atoms with van der Waals surface area (Å²) < 4.78 is 1.75. The second kappa shape index (κ2) is 4.92. The van der Waals surface area contributed by atoms with Gasteiger partial charge in [0.05, 0.1) is 5.69 Å². The normalized spacial score (nSPS) is 10.6. The average Bonchev–Trinajstić information content (AvgIpc) is 2.73. The fraction of sp³-hybridized carbons (Fsp3) is 0.385. The van der Waals surface area contributed by atoms with Crippen molar-refractivity contribution in [3.05, 3.63) is 47.3 Å². The molecule has 1 aromatic heterocycles. The highest BCUT2D eigenvalue weighted by atomic mass is 15.4. The molecular formula is C13H17N3. The fourth-order valence-electron chi connectivity index (χ4n) is 1.72. The van der Waals surface area contributed by atoms with Crippen LogP contribution in [0.2, 0.25) is 0 Å². The molecule has 84 valence electrons. The van der Waals surface area contributed by atoms with Gasteiger partial charge in [-0.05, 0) is 30.4 Å². The highest BCUT2D eigenvalue weighted by Crippen LogP contribution is 2.08. The van der Waals surface area contributed by atoms with Crippen molar-refractivity contribution in [2.45, 2.75) is 26.2 Å². The topological polar surface area (TPSA) is 30.7 Å². The van der Waals surface area contributed by atoms with E-state index in [1.54, 1.807) is 4.68 Å². The van der Waals surface area contributed by atoms with Crippen LogP contribution in [0.5, 0.6) is 0 Å². The Kier molecular flexibility index (Phi) is 3.34. The number of benzene rings is 1. The van der Waals surface area contributed by atoms with Crippen LogP contribution in [0.1, 0.15) is 23.7 Å². The third kappa shape index (κ3) is 2.69. The van der Waals surface area contributed by atoms with Gasteiger partial charge in [0.15, 0.2) is 0 Å². The van der Waals surface area contributed by atoms with Crippen LogP contribution in [0.15, 0.2) is 30.5 Å². The maximum atomic E-state index is 4.08. The summed E-state index contributed by atoms with van der Waals surface area (Å²) in [5.41, 5.74) is 3.81. The molecule has 0 radical (unpaired) electrons. The lowest BCUT2D eigenvalue weighted by Gasteiger charge is -2.01. The Labute approximate surface area is 96.1 Å². The first-order valence-corrected chi connectivity index (χ1v) is 5.71. The zero-order chi connectivity index (χ0) is 11.4. The van der Waals surface area contributed by atoms with E-state index in [1.807, 2.05) is 13.2 Å². The molecule has 16 heavy (non-hydrogen) atoms. The standard InChI is InChI=1S/C13H17N3/c1-3-11-4-6-12(7-5-11)8-9-13-10-16(2)15-14-13/h4-7,10H,3,8-9H2,1-2H3. The molecule has 0 aliphatic rings. The van der Waals surface area contributed by atoms with Crippen molar-refractivity contribution in [3.8, 4) is 0 Å². The van der Waals surface area contributed by atoms with E-state index in [4.69, 9.17) is 0 Å². The lowest BCUT2D eigenvalue weighted by atomic mass is 10.1. The summed E-state index contributed by atoms with van der Waals surface area (Å²) in [6.07, 6.45) is 5.06. The first-order chi connectivity index (χ1) is 7.78. The molecular weight excluding hydrogens is 198 g/mol. The maximum absolute atomic E-state index is 4.08. The Morgan fingerprint density at radius 3 is 2.31 bits per heavy atom. The first-order valence-electron chi connectivity index (χ1n) is 5.71. The molecule has 3 heteroatoms. The molecule has 0 saturated heterocycles. The predicted octanol–water partition coefficient (Wildman–Crippen LogP) is 2.16. The lowest BCUT2D eigenvalue weighted by molar-refractivity contribution is 0.713. The molecule has 0 fully saturated rings. The largest absolute Gasteiger partial charge is 0.255 e. The monoisotopic (exact) mass is 215 g/mol. The third-order valence-corrected chi connectivity index (χ3v) is 2.75.